The average molecular weight is 241 g/mol. The fourth-order valence-corrected chi connectivity index (χ4v) is 2.85. The van der Waals surface area contributed by atoms with E-state index >= 15 is 0 Å². The molecule has 0 saturated carbocycles. The van der Waals surface area contributed by atoms with Gasteiger partial charge in [0.15, 0.2) is 0 Å². The first-order valence-electron chi connectivity index (χ1n) is 6.04. The second-order valence-electron chi connectivity index (χ2n) is 5.87. The molecule has 5 nitrogen and oxygen atoms in total. The van der Waals surface area contributed by atoms with Crippen molar-refractivity contribution >= 4 is 12.1 Å². The number of carbonyl (C=O) groups excluding carboxylic acids is 1. The first-order valence-corrected chi connectivity index (χ1v) is 6.04. The fraction of sp³-hybridized carbons (Fsp3) is 0.833. The van der Waals surface area contributed by atoms with Crippen molar-refractivity contribution in [3.8, 4) is 0 Å². The van der Waals surface area contributed by atoms with Crippen molar-refractivity contribution in [2.75, 3.05) is 0 Å². The maximum absolute atomic E-state index is 12.0. The first kappa shape index (κ1) is 12.2. The molecule has 17 heavy (non-hydrogen) atoms. The molecule has 3 atom stereocenters. The van der Waals surface area contributed by atoms with E-state index in [0.717, 1.165) is 12.8 Å². The Labute approximate surface area is 101 Å². The van der Waals surface area contributed by atoms with Crippen LogP contribution in [0.25, 0.3) is 0 Å². The van der Waals surface area contributed by atoms with Crippen molar-refractivity contribution < 1.29 is 19.4 Å². The minimum absolute atomic E-state index is 0.0518. The number of ether oxygens (including phenoxy) is 1. The minimum Gasteiger partial charge on any atom is -0.481 e. The number of hydrogen-bond acceptors (Lipinski definition) is 3. The third-order valence-corrected chi connectivity index (χ3v) is 3.46. The summed E-state index contributed by atoms with van der Waals surface area (Å²) in [4.78, 5) is 24.7. The lowest BCUT2D eigenvalue weighted by Crippen LogP contribution is -2.41. The molecular weight excluding hydrogens is 222 g/mol. The van der Waals surface area contributed by atoms with E-state index in [9.17, 15) is 9.59 Å². The third kappa shape index (κ3) is 2.23. The highest BCUT2D eigenvalue weighted by molar-refractivity contribution is 5.76. The molecule has 2 aliphatic rings. The van der Waals surface area contributed by atoms with Gasteiger partial charge in [0.2, 0.25) is 0 Å². The molecule has 1 amide bonds. The summed E-state index contributed by atoms with van der Waals surface area (Å²) in [6.45, 7) is 5.45. The molecule has 2 bridgehead atoms. The Hall–Kier alpha value is -1.26. The van der Waals surface area contributed by atoms with Crippen molar-refractivity contribution in [2.45, 2.75) is 57.7 Å². The smallest absolute Gasteiger partial charge is 0.410 e. The maximum atomic E-state index is 12.0. The number of carboxylic acids is 1. The Morgan fingerprint density at radius 2 is 1.94 bits per heavy atom. The predicted molar refractivity (Wildman–Crippen MR) is 60.6 cm³/mol. The normalized spacial score (nSPS) is 31.7. The van der Waals surface area contributed by atoms with Gasteiger partial charge in [-0.1, -0.05) is 0 Å². The highest BCUT2D eigenvalue weighted by Gasteiger charge is 2.52. The second kappa shape index (κ2) is 3.89. The summed E-state index contributed by atoms with van der Waals surface area (Å²) in [5, 5.41) is 9.09. The van der Waals surface area contributed by atoms with Crippen LogP contribution in [0.5, 0.6) is 0 Å². The van der Waals surface area contributed by atoms with Crippen LogP contribution in [0.2, 0.25) is 0 Å². The molecule has 0 aliphatic carbocycles. The quantitative estimate of drug-likeness (QED) is 0.761. The van der Waals surface area contributed by atoms with Crippen molar-refractivity contribution in [3.05, 3.63) is 0 Å². The van der Waals surface area contributed by atoms with Crippen molar-refractivity contribution in [1.29, 1.82) is 0 Å². The molecule has 96 valence electrons. The monoisotopic (exact) mass is 241 g/mol. The zero-order valence-corrected chi connectivity index (χ0v) is 10.5. The minimum atomic E-state index is -0.800. The largest absolute Gasteiger partial charge is 0.481 e. The van der Waals surface area contributed by atoms with E-state index in [-0.39, 0.29) is 18.2 Å². The summed E-state index contributed by atoms with van der Waals surface area (Å²) in [6, 6.07) is -0.122. The number of hydrogen-bond donors (Lipinski definition) is 1. The Morgan fingerprint density at radius 1 is 1.29 bits per heavy atom. The Bertz CT molecular complexity index is 347. The van der Waals surface area contributed by atoms with Crippen LogP contribution in [-0.2, 0) is 9.53 Å². The molecule has 0 spiro atoms. The number of rotatable bonds is 1. The van der Waals surface area contributed by atoms with Crippen molar-refractivity contribution in [3.63, 3.8) is 0 Å². The van der Waals surface area contributed by atoms with E-state index in [0.29, 0.717) is 6.42 Å². The van der Waals surface area contributed by atoms with Crippen LogP contribution in [0.1, 0.15) is 40.0 Å². The summed E-state index contributed by atoms with van der Waals surface area (Å²) >= 11 is 0. The highest BCUT2D eigenvalue weighted by atomic mass is 16.6. The lowest BCUT2D eigenvalue weighted by molar-refractivity contribution is -0.142. The van der Waals surface area contributed by atoms with Gasteiger partial charge < -0.3 is 14.7 Å². The maximum Gasteiger partial charge on any atom is 0.410 e. The van der Waals surface area contributed by atoms with Crippen molar-refractivity contribution in [2.24, 2.45) is 5.92 Å². The fourth-order valence-electron chi connectivity index (χ4n) is 2.85. The molecule has 5 heteroatoms. The van der Waals surface area contributed by atoms with Crippen LogP contribution in [0.3, 0.4) is 0 Å². The lowest BCUT2D eigenvalue weighted by atomic mass is 9.89. The zero-order chi connectivity index (χ0) is 12.8. The number of carbonyl (C=O) groups is 2. The van der Waals surface area contributed by atoms with Gasteiger partial charge in [0.05, 0.1) is 5.92 Å². The number of aliphatic carboxylic acids is 1. The topological polar surface area (TPSA) is 66.8 Å². The zero-order valence-electron chi connectivity index (χ0n) is 10.5. The summed E-state index contributed by atoms with van der Waals surface area (Å²) in [6.07, 6.45) is 1.88. The van der Waals surface area contributed by atoms with Gasteiger partial charge in [0.1, 0.15) is 5.60 Å². The van der Waals surface area contributed by atoms with Gasteiger partial charge in [-0.15, -0.1) is 0 Å². The molecule has 0 radical (unpaired) electrons. The Kier molecular flexibility index (Phi) is 2.79. The second-order valence-corrected chi connectivity index (χ2v) is 5.87. The molecular formula is C12H19NO4. The Morgan fingerprint density at radius 3 is 2.41 bits per heavy atom. The van der Waals surface area contributed by atoms with Crippen molar-refractivity contribution in [1.82, 2.24) is 4.90 Å². The molecule has 1 N–H and O–H groups in total. The van der Waals surface area contributed by atoms with Gasteiger partial charge in [-0.25, -0.2) is 4.79 Å². The molecule has 0 aromatic carbocycles. The van der Waals surface area contributed by atoms with E-state index in [2.05, 4.69) is 0 Å². The molecule has 2 fully saturated rings. The number of nitrogens with zero attached hydrogens (tertiary/aromatic N) is 1. The standard InChI is InChI=1S/C12H19NO4/c1-12(2,3)17-11(16)13-7-4-5-9(13)8(6-7)10(14)15/h7-9H,4-6H2,1-3H3,(H,14,15)/t7-,8-,9+/m1/s1. The van der Waals surface area contributed by atoms with Crippen LogP contribution in [0.4, 0.5) is 4.79 Å². The lowest BCUT2D eigenvalue weighted by Gasteiger charge is -2.27. The molecule has 0 aromatic rings. The molecule has 0 aromatic heterocycles. The molecule has 2 saturated heterocycles. The molecule has 2 heterocycles. The van der Waals surface area contributed by atoms with Gasteiger partial charge >= 0.3 is 12.1 Å². The number of fused-ring (bicyclic) bond motifs is 2. The first-order chi connectivity index (χ1) is 7.79. The van der Waals surface area contributed by atoms with E-state index < -0.39 is 17.5 Å². The SMILES string of the molecule is CC(C)(C)OC(=O)N1[C@@H]2CC[C@H]1[C@H](C(=O)O)C2. The summed E-state index contributed by atoms with van der Waals surface area (Å²) in [7, 11) is 0. The van der Waals surface area contributed by atoms with Gasteiger partial charge in [0.25, 0.3) is 0 Å². The predicted octanol–water partition coefficient (Wildman–Crippen LogP) is 1.86. The van der Waals surface area contributed by atoms with Gasteiger partial charge in [0, 0.05) is 12.1 Å². The molecule has 2 rings (SSSR count). The van der Waals surface area contributed by atoms with Gasteiger partial charge in [-0.05, 0) is 40.0 Å². The van der Waals surface area contributed by atoms with Crippen LogP contribution >= 0.6 is 0 Å². The van der Waals surface area contributed by atoms with Crippen LogP contribution < -0.4 is 0 Å². The Balaban J connectivity index is 2.08. The van der Waals surface area contributed by atoms with E-state index in [1.54, 1.807) is 4.90 Å². The summed E-state index contributed by atoms with van der Waals surface area (Å²) < 4.78 is 5.32. The van der Waals surface area contributed by atoms with E-state index in [4.69, 9.17) is 9.84 Å². The number of carboxylic acid groups (broad SMARTS) is 1. The summed E-state index contributed by atoms with van der Waals surface area (Å²) in [5.74, 6) is -1.22. The van der Waals surface area contributed by atoms with Gasteiger partial charge in [-0.2, -0.15) is 0 Å². The van der Waals surface area contributed by atoms with Crippen LogP contribution in [-0.4, -0.2) is 39.8 Å². The van der Waals surface area contributed by atoms with Crippen LogP contribution in [0.15, 0.2) is 0 Å². The highest BCUT2D eigenvalue weighted by Crippen LogP contribution is 2.42. The molecule has 2 aliphatic heterocycles. The average Bonchev–Trinajstić information content (AvgIpc) is 2.70. The number of amides is 1. The van der Waals surface area contributed by atoms with Crippen LogP contribution in [0, 0.1) is 5.92 Å². The summed E-state index contributed by atoms with van der Waals surface area (Å²) in [5.41, 5.74) is -0.530. The van der Waals surface area contributed by atoms with E-state index in [1.807, 2.05) is 20.8 Å². The third-order valence-electron chi connectivity index (χ3n) is 3.46. The van der Waals surface area contributed by atoms with Gasteiger partial charge in [-0.3, -0.25) is 4.79 Å². The molecule has 0 unspecified atom stereocenters. The van der Waals surface area contributed by atoms with E-state index in [1.165, 1.54) is 0 Å².